The molecule has 124 valence electrons. The van der Waals surface area contributed by atoms with E-state index in [0.717, 1.165) is 24.2 Å². The van der Waals surface area contributed by atoms with Gasteiger partial charge in [-0.05, 0) is 30.5 Å². The topological polar surface area (TPSA) is 42.3 Å². The highest BCUT2D eigenvalue weighted by atomic mass is 19.1. The second kappa shape index (κ2) is 5.54. The number of pyridine rings is 1. The molecule has 0 N–H and O–H groups in total. The van der Waals surface area contributed by atoms with E-state index in [1.807, 2.05) is 6.07 Å². The number of amides is 1. The molecule has 0 radical (unpaired) electrons. The minimum absolute atomic E-state index is 0.0217. The summed E-state index contributed by atoms with van der Waals surface area (Å²) in [7, 11) is 0. The van der Waals surface area contributed by atoms with E-state index in [1.54, 1.807) is 21.6 Å². The van der Waals surface area contributed by atoms with E-state index >= 15 is 0 Å². The van der Waals surface area contributed by atoms with E-state index in [1.165, 1.54) is 6.07 Å². The van der Waals surface area contributed by atoms with Crippen LogP contribution in [0.4, 0.5) is 8.78 Å². The van der Waals surface area contributed by atoms with Gasteiger partial charge in [-0.25, -0.2) is 8.78 Å². The number of nitrogens with zero attached hydrogens (tertiary/aromatic N) is 2. The van der Waals surface area contributed by atoms with Gasteiger partial charge in [-0.1, -0.05) is 6.07 Å². The fourth-order valence-electron chi connectivity index (χ4n) is 3.90. The highest BCUT2D eigenvalue weighted by Gasteiger charge is 2.36. The molecular formula is C18H16F2N2O2. The fourth-order valence-corrected chi connectivity index (χ4v) is 3.90. The Morgan fingerprint density at radius 1 is 1.08 bits per heavy atom. The van der Waals surface area contributed by atoms with Crippen LogP contribution in [-0.4, -0.2) is 28.5 Å². The van der Waals surface area contributed by atoms with E-state index in [-0.39, 0.29) is 23.0 Å². The lowest BCUT2D eigenvalue weighted by atomic mass is 9.83. The second-order valence-electron chi connectivity index (χ2n) is 6.53. The Morgan fingerprint density at radius 2 is 1.92 bits per heavy atom. The Hall–Kier alpha value is -2.50. The summed E-state index contributed by atoms with van der Waals surface area (Å²) in [5.74, 6) is -1.73. The molecule has 0 saturated carbocycles. The van der Waals surface area contributed by atoms with Crippen molar-refractivity contribution in [1.29, 1.82) is 0 Å². The van der Waals surface area contributed by atoms with E-state index in [2.05, 4.69) is 0 Å². The predicted molar refractivity (Wildman–Crippen MR) is 83.8 cm³/mol. The number of piperidine rings is 1. The summed E-state index contributed by atoms with van der Waals surface area (Å²) in [5, 5.41) is 0. The van der Waals surface area contributed by atoms with E-state index in [4.69, 9.17) is 0 Å². The van der Waals surface area contributed by atoms with Crippen LogP contribution in [0, 0.1) is 17.6 Å². The van der Waals surface area contributed by atoms with Crippen LogP contribution in [0.2, 0.25) is 0 Å². The number of likely N-dealkylation sites (tertiary alicyclic amines) is 1. The number of halogens is 2. The molecule has 3 heterocycles. The van der Waals surface area contributed by atoms with Gasteiger partial charge in [0.05, 0.1) is 5.56 Å². The van der Waals surface area contributed by atoms with Crippen molar-refractivity contribution in [2.24, 2.45) is 5.92 Å². The normalized spacial score (nSPS) is 22.2. The van der Waals surface area contributed by atoms with Crippen molar-refractivity contribution in [2.75, 3.05) is 13.1 Å². The molecular weight excluding hydrogens is 314 g/mol. The second-order valence-corrected chi connectivity index (χ2v) is 6.53. The maximum absolute atomic E-state index is 13.9. The molecule has 2 aliphatic rings. The standard InChI is InChI=1S/C18H16F2N2O2/c19-13-4-5-14(15(20)7-13)18(24)21-8-11-6-12(10-21)16-2-1-3-17(23)22(16)9-11/h1-5,7,11-12H,6,8-10H2. The van der Waals surface area contributed by atoms with Crippen molar-refractivity contribution < 1.29 is 13.6 Å². The molecule has 0 aliphatic carbocycles. The Labute approximate surface area is 137 Å². The van der Waals surface area contributed by atoms with Crippen LogP contribution in [0.25, 0.3) is 0 Å². The van der Waals surface area contributed by atoms with Gasteiger partial charge >= 0.3 is 0 Å². The molecule has 2 aromatic rings. The molecule has 0 spiro atoms. The van der Waals surface area contributed by atoms with Crippen LogP contribution in [0.15, 0.2) is 41.2 Å². The maximum Gasteiger partial charge on any atom is 0.256 e. The van der Waals surface area contributed by atoms with Crippen molar-refractivity contribution in [3.05, 3.63) is 69.6 Å². The minimum atomic E-state index is -0.840. The van der Waals surface area contributed by atoms with Crippen LogP contribution >= 0.6 is 0 Å². The molecule has 2 atom stereocenters. The smallest absolute Gasteiger partial charge is 0.256 e. The van der Waals surface area contributed by atoms with Gasteiger partial charge in [0.15, 0.2) is 0 Å². The molecule has 4 rings (SSSR count). The first-order valence-corrected chi connectivity index (χ1v) is 7.97. The average molecular weight is 330 g/mol. The van der Waals surface area contributed by atoms with Gasteiger partial charge in [-0.15, -0.1) is 0 Å². The zero-order chi connectivity index (χ0) is 16.8. The lowest BCUT2D eigenvalue weighted by molar-refractivity contribution is 0.0590. The molecule has 2 aliphatic heterocycles. The van der Waals surface area contributed by atoms with Gasteiger partial charge in [0.2, 0.25) is 0 Å². The van der Waals surface area contributed by atoms with Crippen molar-refractivity contribution in [2.45, 2.75) is 18.9 Å². The minimum Gasteiger partial charge on any atom is -0.338 e. The molecule has 1 fully saturated rings. The summed E-state index contributed by atoms with van der Waals surface area (Å²) >= 11 is 0. The summed E-state index contributed by atoms with van der Waals surface area (Å²) < 4.78 is 28.7. The largest absolute Gasteiger partial charge is 0.338 e. The van der Waals surface area contributed by atoms with Crippen LogP contribution in [-0.2, 0) is 6.54 Å². The van der Waals surface area contributed by atoms with Crippen molar-refractivity contribution >= 4 is 5.91 Å². The monoisotopic (exact) mass is 330 g/mol. The summed E-state index contributed by atoms with van der Waals surface area (Å²) in [6.07, 6.45) is 0.916. The summed E-state index contributed by atoms with van der Waals surface area (Å²) in [5.41, 5.74) is 0.796. The fraction of sp³-hybridized carbons (Fsp3) is 0.333. The number of hydrogen-bond donors (Lipinski definition) is 0. The van der Waals surface area contributed by atoms with Crippen molar-refractivity contribution in [3.63, 3.8) is 0 Å². The quantitative estimate of drug-likeness (QED) is 0.806. The number of rotatable bonds is 1. The van der Waals surface area contributed by atoms with Gasteiger partial charge in [-0.3, -0.25) is 9.59 Å². The molecule has 1 aromatic carbocycles. The van der Waals surface area contributed by atoms with Crippen molar-refractivity contribution in [1.82, 2.24) is 9.47 Å². The first-order chi connectivity index (χ1) is 11.5. The Morgan fingerprint density at radius 3 is 2.71 bits per heavy atom. The Bertz CT molecular complexity index is 878. The van der Waals surface area contributed by atoms with E-state index < -0.39 is 17.5 Å². The van der Waals surface area contributed by atoms with Crippen LogP contribution < -0.4 is 5.56 Å². The van der Waals surface area contributed by atoms with Gasteiger partial charge < -0.3 is 9.47 Å². The molecule has 1 amide bonds. The van der Waals surface area contributed by atoms with Crippen LogP contribution in [0.5, 0.6) is 0 Å². The van der Waals surface area contributed by atoms with Crippen molar-refractivity contribution in [3.8, 4) is 0 Å². The van der Waals surface area contributed by atoms with Gasteiger partial charge in [0, 0.05) is 43.4 Å². The predicted octanol–water partition coefficient (Wildman–Crippen LogP) is 2.39. The summed E-state index contributed by atoms with van der Waals surface area (Å²) in [6, 6.07) is 8.20. The number of aromatic nitrogens is 1. The number of fused-ring (bicyclic) bond motifs is 4. The third-order valence-electron chi connectivity index (χ3n) is 4.93. The maximum atomic E-state index is 13.9. The first kappa shape index (κ1) is 15.1. The molecule has 2 unspecified atom stereocenters. The molecule has 1 saturated heterocycles. The lowest BCUT2D eigenvalue weighted by Crippen LogP contribution is -2.49. The summed E-state index contributed by atoms with van der Waals surface area (Å²) in [4.78, 5) is 26.3. The SMILES string of the molecule is O=C(c1ccc(F)cc1F)N1CC2CC(C1)c1cccc(=O)n1C2. The van der Waals surface area contributed by atoms with Crippen LogP contribution in [0.1, 0.15) is 28.4 Å². The molecule has 2 bridgehead atoms. The highest BCUT2D eigenvalue weighted by molar-refractivity contribution is 5.94. The number of carbonyl (C=O) groups is 1. The molecule has 4 nitrogen and oxygen atoms in total. The molecule has 1 aromatic heterocycles. The zero-order valence-corrected chi connectivity index (χ0v) is 12.9. The van der Waals surface area contributed by atoms with E-state index in [9.17, 15) is 18.4 Å². The van der Waals surface area contributed by atoms with Gasteiger partial charge in [0.1, 0.15) is 11.6 Å². The lowest BCUT2D eigenvalue weighted by Gasteiger charge is -2.42. The third kappa shape index (κ3) is 2.42. The summed E-state index contributed by atoms with van der Waals surface area (Å²) in [6.45, 7) is 1.49. The van der Waals surface area contributed by atoms with Gasteiger partial charge in [-0.2, -0.15) is 0 Å². The third-order valence-corrected chi connectivity index (χ3v) is 4.93. The molecule has 24 heavy (non-hydrogen) atoms. The highest BCUT2D eigenvalue weighted by Crippen LogP contribution is 2.35. The number of carbonyl (C=O) groups excluding carboxylic acids is 1. The Balaban J connectivity index is 1.64. The number of hydrogen-bond acceptors (Lipinski definition) is 2. The van der Waals surface area contributed by atoms with Gasteiger partial charge in [0.25, 0.3) is 11.5 Å². The molecule has 6 heteroatoms. The average Bonchev–Trinajstić information content (AvgIpc) is 2.55. The number of benzene rings is 1. The van der Waals surface area contributed by atoms with Crippen LogP contribution in [0.3, 0.4) is 0 Å². The van der Waals surface area contributed by atoms with E-state index in [0.29, 0.717) is 19.6 Å². The first-order valence-electron chi connectivity index (χ1n) is 7.97. The zero-order valence-electron chi connectivity index (χ0n) is 12.9. The Kier molecular flexibility index (Phi) is 3.48.